The summed E-state index contributed by atoms with van der Waals surface area (Å²) in [5.74, 6) is 3.06. The zero-order valence-electron chi connectivity index (χ0n) is 7.29. The molecule has 12 heavy (non-hydrogen) atoms. The van der Waals surface area contributed by atoms with Crippen molar-refractivity contribution in [1.82, 2.24) is 4.90 Å². The average molecular weight is 185 g/mol. The molecule has 0 aliphatic carbocycles. The molecule has 2 aliphatic heterocycles. The molecule has 0 radical (unpaired) electrons. The van der Waals surface area contributed by atoms with E-state index in [2.05, 4.69) is 16.7 Å². The number of thioether (sulfide) groups is 1. The Hall–Kier alpha value is -0.0200. The van der Waals surface area contributed by atoms with E-state index in [1.54, 1.807) is 0 Å². The molecule has 3 heteroatoms. The van der Waals surface area contributed by atoms with Crippen molar-refractivity contribution in [2.45, 2.75) is 25.3 Å². The van der Waals surface area contributed by atoms with Gasteiger partial charge in [-0.25, -0.2) is 0 Å². The van der Waals surface area contributed by atoms with Crippen LogP contribution in [0.2, 0.25) is 0 Å². The lowest BCUT2D eigenvalue weighted by atomic mass is 10.1. The Morgan fingerprint density at radius 3 is 2.67 bits per heavy atom. The number of nitrogens with zero attached hydrogens (tertiary/aromatic N) is 1. The molecule has 0 spiro atoms. The summed E-state index contributed by atoms with van der Waals surface area (Å²) < 4.78 is 0. The zero-order chi connectivity index (χ0) is 8.39. The summed E-state index contributed by atoms with van der Waals surface area (Å²) in [6.45, 7) is 2.04. The van der Waals surface area contributed by atoms with Gasteiger partial charge in [-0.15, -0.1) is 0 Å². The molecular formula is C9H15NOS. The molecule has 1 unspecified atom stereocenters. The lowest BCUT2D eigenvalue weighted by Gasteiger charge is -2.30. The number of hydrogen-bond acceptors (Lipinski definition) is 3. The summed E-state index contributed by atoms with van der Waals surface area (Å²) in [4.78, 5) is 13.5. The first kappa shape index (κ1) is 8.57. The Morgan fingerprint density at radius 2 is 2.08 bits per heavy atom. The third-order valence-electron chi connectivity index (χ3n) is 2.78. The zero-order valence-corrected chi connectivity index (χ0v) is 8.11. The molecule has 0 aromatic carbocycles. The summed E-state index contributed by atoms with van der Waals surface area (Å²) in [6, 6.07) is 0.781. The molecule has 0 aromatic heterocycles. The van der Waals surface area contributed by atoms with Crippen molar-refractivity contribution < 1.29 is 4.79 Å². The molecule has 2 heterocycles. The van der Waals surface area contributed by atoms with Crippen LogP contribution in [0.1, 0.15) is 19.3 Å². The number of hydrogen-bond donors (Lipinski definition) is 0. The maximum absolute atomic E-state index is 11.0. The van der Waals surface area contributed by atoms with E-state index in [4.69, 9.17) is 0 Å². The van der Waals surface area contributed by atoms with E-state index in [0.717, 1.165) is 32.0 Å². The number of carbonyl (C=O) groups excluding carboxylic acids is 1. The molecular weight excluding hydrogens is 170 g/mol. The van der Waals surface area contributed by atoms with Crippen LogP contribution in [0.5, 0.6) is 0 Å². The van der Waals surface area contributed by atoms with Gasteiger partial charge in [-0.2, -0.15) is 11.8 Å². The molecule has 0 bridgehead atoms. The van der Waals surface area contributed by atoms with E-state index in [0.29, 0.717) is 5.78 Å². The predicted molar refractivity (Wildman–Crippen MR) is 51.5 cm³/mol. The molecule has 68 valence electrons. The van der Waals surface area contributed by atoms with Gasteiger partial charge in [0, 0.05) is 37.7 Å². The Balaban J connectivity index is 1.84. The summed E-state index contributed by atoms with van der Waals surface area (Å²) >= 11 is 2.05. The molecule has 0 amide bonds. The third-order valence-corrected chi connectivity index (χ3v) is 3.92. The highest BCUT2D eigenvalue weighted by Gasteiger charge is 2.25. The van der Waals surface area contributed by atoms with Gasteiger partial charge in [0.1, 0.15) is 5.78 Å². The maximum Gasteiger partial charge on any atom is 0.135 e. The van der Waals surface area contributed by atoms with Gasteiger partial charge in [-0.1, -0.05) is 0 Å². The molecule has 0 saturated carbocycles. The first-order valence-corrected chi connectivity index (χ1v) is 5.85. The van der Waals surface area contributed by atoms with Gasteiger partial charge in [-0.05, 0) is 12.2 Å². The van der Waals surface area contributed by atoms with Gasteiger partial charge in [0.2, 0.25) is 0 Å². The van der Waals surface area contributed by atoms with Crippen LogP contribution < -0.4 is 0 Å². The average Bonchev–Trinajstić information content (AvgIpc) is 2.58. The summed E-state index contributed by atoms with van der Waals surface area (Å²) in [6.07, 6.45) is 2.92. The van der Waals surface area contributed by atoms with Crippen LogP contribution in [0.25, 0.3) is 0 Å². The summed E-state index contributed by atoms with van der Waals surface area (Å²) in [5.41, 5.74) is 0. The van der Waals surface area contributed by atoms with Gasteiger partial charge < -0.3 is 0 Å². The monoisotopic (exact) mass is 185 g/mol. The van der Waals surface area contributed by atoms with E-state index in [9.17, 15) is 4.79 Å². The highest BCUT2D eigenvalue weighted by molar-refractivity contribution is 7.99. The molecule has 2 nitrogen and oxygen atoms in total. The van der Waals surface area contributed by atoms with Crippen molar-refractivity contribution in [3.8, 4) is 0 Å². The number of rotatable bonds is 1. The Morgan fingerprint density at radius 1 is 1.33 bits per heavy atom. The molecule has 2 saturated heterocycles. The molecule has 2 fully saturated rings. The van der Waals surface area contributed by atoms with Gasteiger partial charge in [-0.3, -0.25) is 9.69 Å². The van der Waals surface area contributed by atoms with Crippen LogP contribution in [-0.4, -0.2) is 41.3 Å². The number of Topliss-reactive ketones (excluding diaryl/α,β-unsaturated/α-hetero) is 1. The van der Waals surface area contributed by atoms with Crippen molar-refractivity contribution >= 4 is 17.5 Å². The largest absolute Gasteiger partial charge is 0.300 e. The van der Waals surface area contributed by atoms with Crippen LogP contribution >= 0.6 is 11.8 Å². The first-order chi connectivity index (χ1) is 5.86. The summed E-state index contributed by atoms with van der Waals surface area (Å²) in [5, 5.41) is 0. The number of carbonyl (C=O) groups is 1. The second kappa shape index (κ2) is 3.79. The van der Waals surface area contributed by atoms with Crippen LogP contribution in [0.3, 0.4) is 0 Å². The van der Waals surface area contributed by atoms with Crippen molar-refractivity contribution in [1.29, 1.82) is 0 Å². The van der Waals surface area contributed by atoms with Crippen LogP contribution in [0.15, 0.2) is 0 Å². The highest BCUT2D eigenvalue weighted by atomic mass is 32.2. The minimum atomic E-state index is 0.455. The lowest BCUT2D eigenvalue weighted by molar-refractivity contribution is -0.121. The smallest absolute Gasteiger partial charge is 0.135 e. The van der Waals surface area contributed by atoms with E-state index in [-0.39, 0.29) is 0 Å². The Labute approximate surface area is 77.7 Å². The Kier molecular flexibility index (Phi) is 2.71. The van der Waals surface area contributed by atoms with Crippen molar-refractivity contribution in [3.05, 3.63) is 0 Å². The maximum atomic E-state index is 11.0. The number of likely N-dealkylation sites (tertiary alicyclic amines) is 1. The predicted octanol–water partition coefficient (Wildman–Crippen LogP) is 1.16. The van der Waals surface area contributed by atoms with E-state index in [1.165, 1.54) is 17.9 Å². The second-order valence-electron chi connectivity index (χ2n) is 3.59. The minimum absolute atomic E-state index is 0.455. The second-order valence-corrected chi connectivity index (χ2v) is 4.74. The van der Waals surface area contributed by atoms with Gasteiger partial charge in [0.25, 0.3) is 0 Å². The topological polar surface area (TPSA) is 20.3 Å². The van der Waals surface area contributed by atoms with E-state index in [1.807, 2.05) is 0 Å². The van der Waals surface area contributed by atoms with Crippen LogP contribution in [0, 0.1) is 0 Å². The molecule has 0 N–H and O–H groups in total. The van der Waals surface area contributed by atoms with E-state index >= 15 is 0 Å². The SMILES string of the molecule is O=C1CCN(C2CCSC2)CC1. The van der Waals surface area contributed by atoms with Crippen LogP contribution in [0.4, 0.5) is 0 Å². The molecule has 2 rings (SSSR count). The van der Waals surface area contributed by atoms with Crippen LogP contribution in [-0.2, 0) is 4.79 Å². The van der Waals surface area contributed by atoms with Crippen molar-refractivity contribution in [2.75, 3.05) is 24.6 Å². The molecule has 2 aliphatic rings. The fourth-order valence-electron chi connectivity index (χ4n) is 1.95. The summed E-state index contributed by atoms with van der Waals surface area (Å²) in [7, 11) is 0. The fraction of sp³-hybridized carbons (Fsp3) is 0.889. The molecule has 0 aromatic rings. The lowest BCUT2D eigenvalue weighted by Crippen LogP contribution is -2.41. The van der Waals surface area contributed by atoms with Gasteiger partial charge >= 0.3 is 0 Å². The highest BCUT2D eigenvalue weighted by Crippen LogP contribution is 2.24. The number of piperidine rings is 1. The number of ketones is 1. The fourth-order valence-corrected chi connectivity index (χ4v) is 3.20. The van der Waals surface area contributed by atoms with E-state index < -0.39 is 0 Å². The Bertz CT molecular complexity index is 167. The third kappa shape index (κ3) is 1.83. The standard InChI is InChI=1S/C9H15NOS/c11-9-1-4-10(5-2-9)8-3-6-12-7-8/h8H,1-7H2. The van der Waals surface area contributed by atoms with Gasteiger partial charge in [0.05, 0.1) is 0 Å². The van der Waals surface area contributed by atoms with Gasteiger partial charge in [0.15, 0.2) is 0 Å². The quantitative estimate of drug-likeness (QED) is 0.611. The normalized spacial score (nSPS) is 32.7. The minimum Gasteiger partial charge on any atom is -0.300 e. The van der Waals surface area contributed by atoms with Crippen molar-refractivity contribution in [2.24, 2.45) is 0 Å². The van der Waals surface area contributed by atoms with Crippen molar-refractivity contribution in [3.63, 3.8) is 0 Å². The first-order valence-electron chi connectivity index (χ1n) is 4.70. The molecule has 1 atom stereocenters.